The zero-order chi connectivity index (χ0) is 18.0. The highest BCUT2D eigenvalue weighted by Gasteiger charge is 2.28. The van der Waals surface area contributed by atoms with E-state index >= 15 is 0 Å². The molecule has 1 atom stereocenters. The van der Waals surface area contributed by atoms with Gasteiger partial charge in [-0.1, -0.05) is 0 Å². The van der Waals surface area contributed by atoms with E-state index in [0.29, 0.717) is 17.9 Å². The molecule has 7 nitrogen and oxygen atoms in total. The molecule has 2 aromatic rings. The van der Waals surface area contributed by atoms with Crippen molar-refractivity contribution >= 4 is 11.8 Å². The molecule has 1 saturated heterocycles. The Labute approximate surface area is 146 Å². The van der Waals surface area contributed by atoms with Crippen LogP contribution in [-0.2, 0) is 4.79 Å². The number of nitrogens with two attached hydrogens (primary N) is 1. The van der Waals surface area contributed by atoms with Crippen LogP contribution in [0.25, 0.3) is 5.82 Å². The average molecular weight is 341 g/mol. The number of primary amides is 1. The van der Waals surface area contributed by atoms with Gasteiger partial charge in [0, 0.05) is 30.9 Å². The minimum absolute atomic E-state index is 0.0987. The van der Waals surface area contributed by atoms with E-state index < -0.39 is 0 Å². The second-order valence-electron chi connectivity index (χ2n) is 6.56. The van der Waals surface area contributed by atoms with Gasteiger partial charge in [0.1, 0.15) is 0 Å². The summed E-state index contributed by atoms with van der Waals surface area (Å²) in [5.41, 5.74) is 7.75. The van der Waals surface area contributed by atoms with Gasteiger partial charge in [-0.05, 0) is 51.3 Å². The summed E-state index contributed by atoms with van der Waals surface area (Å²) in [6, 6.07) is 5.41. The normalized spacial score (nSPS) is 17.5. The van der Waals surface area contributed by atoms with E-state index in [0.717, 1.165) is 30.7 Å². The summed E-state index contributed by atoms with van der Waals surface area (Å²) in [5, 5.41) is 4.40. The summed E-state index contributed by atoms with van der Waals surface area (Å²) in [4.78, 5) is 30.2. The third-order valence-electron chi connectivity index (χ3n) is 4.55. The molecule has 2 aromatic heterocycles. The van der Waals surface area contributed by atoms with Gasteiger partial charge >= 0.3 is 0 Å². The Bertz CT molecular complexity index is 781. The van der Waals surface area contributed by atoms with E-state index in [-0.39, 0.29) is 24.3 Å². The Morgan fingerprint density at radius 2 is 2.08 bits per heavy atom. The highest BCUT2D eigenvalue weighted by atomic mass is 16.2. The zero-order valence-electron chi connectivity index (χ0n) is 14.6. The molecule has 1 unspecified atom stereocenters. The molecular formula is C18H23N5O2. The number of rotatable bonds is 4. The van der Waals surface area contributed by atoms with E-state index in [4.69, 9.17) is 5.73 Å². The predicted octanol–water partition coefficient (Wildman–Crippen LogP) is 1.75. The number of hydrogen-bond acceptors (Lipinski definition) is 4. The Morgan fingerprint density at radius 1 is 1.28 bits per heavy atom. The van der Waals surface area contributed by atoms with Crippen LogP contribution in [-0.4, -0.2) is 44.1 Å². The van der Waals surface area contributed by atoms with Crippen LogP contribution >= 0.6 is 0 Å². The lowest BCUT2D eigenvalue weighted by Crippen LogP contribution is -2.45. The first-order valence-corrected chi connectivity index (χ1v) is 8.54. The highest BCUT2D eigenvalue weighted by molar-refractivity contribution is 5.94. The topological polar surface area (TPSA) is 94.1 Å². The van der Waals surface area contributed by atoms with E-state index in [1.54, 1.807) is 27.9 Å². The van der Waals surface area contributed by atoms with Gasteiger partial charge in [-0.15, -0.1) is 0 Å². The van der Waals surface area contributed by atoms with Crippen LogP contribution in [0, 0.1) is 13.8 Å². The second kappa shape index (κ2) is 7.04. The van der Waals surface area contributed by atoms with Crippen LogP contribution < -0.4 is 5.73 Å². The number of likely N-dealkylation sites (tertiary alicyclic amines) is 1. The average Bonchev–Trinajstić information content (AvgIpc) is 2.93. The zero-order valence-corrected chi connectivity index (χ0v) is 14.6. The van der Waals surface area contributed by atoms with Gasteiger partial charge in [-0.3, -0.25) is 9.59 Å². The van der Waals surface area contributed by atoms with Crippen molar-refractivity contribution in [3.05, 3.63) is 41.3 Å². The van der Waals surface area contributed by atoms with Crippen molar-refractivity contribution in [1.82, 2.24) is 19.7 Å². The molecule has 0 saturated carbocycles. The van der Waals surface area contributed by atoms with Crippen LogP contribution in [0.1, 0.15) is 47.4 Å². The van der Waals surface area contributed by atoms with Gasteiger partial charge < -0.3 is 10.6 Å². The first-order valence-electron chi connectivity index (χ1n) is 8.54. The van der Waals surface area contributed by atoms with Gasteiger partial charge in [-0.25, -0.2) is 9.67 Å². The van der Waals surface area contributed by atoms with Crippen LogP contribution in [0.5, 0.6) is 0 Å². The number of pyridine rings is 1. The van der Waals surface area contributed by atoms with Crippen molar-refractivity contribution in [1.29, 1.82) is 0 Å². The Kier molecular flexibility index (Phi) is 4.83. The van der Waals surface area contributed by atoms with E-state index in [2.05, 4.69) is 10.1 Å². The summed E-state index contributed by atoms with van der Waals surface area (Å²) in [6.07, 6.45) is 4.55. The van der Waals surface area contributed by atoms with E-state index in [1.165, 1.54) is 0 Å². The summed E-state index contributed by atoms with van der Waals surface area (Å²) >= 11 is 0. The summed E-state index contributed by atoms with van der Waals surface area (Å²) in [6.45, 7) is 4.54. The minimum Gasteiger partial charge on any atom is -0.370 e. The monoisotopic (exact) mass is 341 g/mol. The smallest absolute Gasteiger partial charge is 0.255 e. The molecule has 1 aliphatic rings. The molecule has 2 amide bonds. The fourth-order valence-corrected chi connectivity index (χ4v) is 3.38. The molecule has 3 rings (SSSR count). The van der Waals surface area contributed by atoms with E-state index in [9.17, 15) is 9.59 Å². The van der Waals surface area contributed by atoms with Crippen molar-refractivity contribution in [2.75, 3.05) is 6.54 Å². The molecule has 0 aliphatic carbocycles. The first kappa shape index (κ1) is 17.1. The summed E-state index contributed by atoms with van der Waals surface area (Å²) < 4.78 is 1.75. The lowest BCUT2D eigenvalue weighted by molar-refractivity contribution is -0.119. The molecule has 7 heteroatoms. The summed E-state index contributed by atoms with van der Waals surface area (Å²) in [7, 11) is 0. The third kappa shape index (κ3) is 3.70. The molecule has 0 radical (unpaired) electrons. The van der Waals surface area contributed by atoms with Gasteiger partial charge in [0.05, 0.1) is 11.3 Å². The van der Waals surface area contributed by atoms with Crippen molar-refractivity contribution in [2.45, 2.75) is 45.6 Å². The van der Waals surface area contributed by atoms with Crippen LogP contribution in [0.15, 0.2) is 24.4 Å². The van der Waals surface area contributed by atoms with Gasteiger partial charge in [0.25, 0.3) is 5.91 Å². The second-order valence-corrected chi connectivity index (χ2v) is 6.56. The van der Waals surface area contributed by atoms with Gasteiger partial charge in [-0.2, -0.15) is 5.10 Å². The van der Waals surface area contributed by atoms with Crippen LogP contribution in [0.2, 0.25) is 0 Å². The molecule has 1 fully saturated rings. The standard InChI is InChI=1S/C18H23N5O2/c1-12-9-13(2)23(21-12)17-7-6-14(11-20-17)18(25)22-8-4-3-5-15(22)10-16(19)24/h6-7,9,11,15H,3-5,8,10H2,1-2H3,(H2,19,24). The lowest BCUT2D eigenvalue weighted by Gasteiger charge is -2.35. The number of aryl methyl sites for hydroxylation is 2. The fraction of sp³-hybridized carbons (Fsp3) is 0.444. The third-order valence-corrected chi connectivity index (χ3v) is 4.55. The number of carbonyl (C=O) groups is 2. The van der Waals surface area contributed by atoms with Crippen molar-refractivity contribution in [3.8, 4) is 5.82 Å². The predicted molar refractivity (Wildman–Crippen MR) is 93.3 cm³/mol. The molecule has 0 aromatic carbocycles. The SMILES string of the molecule is Cc1cc(C)n(-c2ccc(C(=O)N3CCCCC3CC(N)=O)cn2)n1. The lowest BCUT2D eigenvalue weighted by atomic mass is 9.98. The number of carbonyl (C=O) groups excluding carboxylic acids is 2. The summed E-state index contributed by atoms with van der Waals surface area (Å²) in [5.74, 6) is 0.204. The molecule has 0 bridgehead atoms. The molecule has 2 N–H and O–H groups in total. The van der Waals surface area contributed by atoms with Crippen molar-refractivity contribution in [3.63, 3.8) is 0 Å². The van der Waals surface area contributed by atoms with Crippen LogP contribution in [0.3, 0.4) is 0 Å². The quantitative estimate of drug-likeness (QED) is 0.917. The number of amides is 2. The maximum Gasteiger partial charge on any atom is 0.255 e. The van der Waals surface area contributed by atoms with Gasteiger partial charge in [0.2, 0.25) is 5.91 Å². The Hall–Kier alpha value is -2.70. The van der Waals surface area contributed by atoms with E-state index in [1.807, 2.05) is 19.9 Å². The van der Waals surface area contributed by atoms with Crippen molar-refractivity contribution < 1.29 is 9.59 Å². The molecule has 132 valence electrons. The largest absolute Gasteiger partial charge is 0.370 e. The molecule has 0 spiro atoms. The van der Waals surface area contributed by atoms with Gasteiger partial charge in [0.15, 0.2) is 5.82 Å². The molecular weight excluding hydrogens is 318 g/mol. The number of piperidine rings is 1. The highest BCUT2D eigenvalue weighted by Crippen LogP contribution is 2.22. The van der Waals surface area contributed by atoms with Crippen LogP contribution in [0.4, 0.5) is 0 Å². The molecule has 1 aliphatic heterocycles. The maximum atomic E-state index is 12.8. The van der Waals surface area contributed by atoms with Crippen molar-refractivity contribution in [2.24, 2.45) is 5.73 Å². The number of nitrogens with zero attached hydrogens (tertiary/aromatic N) is 4. The number of hydrogen-bond donors (Lipinski definition) is 1. The Balaban J connectivity index is 1.80. The molecule has 3 heterocycles. The fourth-order valence-electron chi connectivity index (χ4n) is 3.38. The maximum absolute atomic E-state index is 12.8. The Morgan fingerprint density at radius 3 is 2.68 bits per heavy atom. The number of aromatic nitrogens is 3. The first-order chi connectivity index (χ1) is 12.0. The molecule has 25 heavy (non-hydrogen) atoms. The minimum atomic E-state index is -0.372.